The molecule has 5 heteroatoms. The fourth-order valence-electron chi connectivity index (χ4n) is 10.3. The lowest BCUT2D eigenvalue weighted by molar-refractivity contribution is 0.479. The van der Waals surface area contributed by atoms with Crippen LogP contribution in [0.25, 0.3) is 27.6 Å². The molecule has 3 heterocycles. The maximum atomic E-state index is 7.14. The summed E-state index contributed by atoms with van der Waals surface area (Å²) in [4.78, 5) is 10.0. The first kappa shape index (κ1) is 47.6. The monoisotopic (exact) mass is 935 g/mol. The molecule has 0 amide bonds. The molecular formula is C66H70N4O. The fraction of sp³-hybridized carbons (Fsp3) is 0.288. The molecule has 2 aromatic heterocycles. The van der Waals surface area contributed by atoms with Crippen LogP contribution in [0.4, 0.5) is 22.7 Å². The summed E-state index contributed by atoms with van der Waals surface area (Å²) in [6.45, 7) is 30.5. The molecule has 0 fully saturated rings. The summed E-state index contributed by atoms with van der Waals surface area (Å²) in [6.07, 6.45) is 1.96. The molecule has 1 aliphatic heterocycles. The van der Waals surface area contributed by atoms with Gasteiger partial charge in [-0.15, -0.1) is 0 Å². The topological polar surface area (TPSA) is 33.5 Å². The second-order valence-electron chi connectivity index (χ2n) is 24.0. The quantitative estimate of drug-likeness (QED) is 0.144. The van der Waals surface area contributed by atoms with Crippen LogP contribution in [0, 0.1) is 0 Å². The molecule has 0 atom stereocenters. The SMILES string of the molecule is CC(C)(C)c1cccc(N2CN(c3cc(Oc4ccc5c6cc(C(C)(C)c7ccccc7)ccc6n(-c6cc(C(C)(C)c7ccccc7)ccn6)c5c4)cc(C(C)(C)C)c3)c3cc(C(C)(C)C)ccc32)c1. The number of pyridine rings is 1. The Labute approximate surface area is 422 Å². The lowest BCUT2D eigenvalue weighted by Gasteiger charge is -2.27. The lowest BCUT2D eigenvalue weighted by atomic mass is 9.78. The highest BCUT2D eigenvalue weighted by Crippen LogP contribution is 2.49. The Bertz CT molecular complexity index is 3430. The second kappa shape index (κ2) is 17.3. The van der Waals surface area contributed by atoms with Crippen LogP contribution in [0.2, 0.25) is 0 Å². The van der Waals surface area contributed by atoms with Crippen molar-refractivity contribution in [3.63, 3.8) is 0 Å². The maximum Gasteiger partial charge on any atom is 0.137 e. The van der Waals surface area contributed by atoms with Crippen molar-refractivity contribution in [2.45, 2.75) is 117 Å². The second-order valence-corrected chi connectivity index (χ2v) is 24.0. The molecule has 9 aromatic rings. The molecule has 0 spiro atoms. The minimum atomic E-state index is -0.244. The Balaban J connectivity index is 1.11. The molecule has 360 valence electrons. The van der Waals surface area contributed by atoms with Gasteiger partial charge in [0.1, 0.15) is 24.0 Å². The van der Waals surface area contributed by atoms with Gasteiger partial charge in [-0.3, -0.25) is 4.57 Å². The number of hydrogen-bond donors (Lipinski definition) is 0. The molecule has 0 aliphatic carbocycles. The first-order chi connectivity index (χ1) is 33.6. The zero-order chi connectivity index (χ0) is 50.3. The number of rotatable bonds is 9. The molecule has 0 N–H and O–H groups in total. The Kier molecular flexibility index (Phi) is 11.6. The van der Waals surface area contributed by atoms with E-state index in [0.29, 0.717) is 6.67 Å². The van der Waals surface area contributed by atoms with Gasteiger partial charge in [-0.05, 0) is 128 Å². The van der Waals surface area contributed by atoms with Gasteiger partial charge < -0.3 is 14.5 Å². The van der Waals surface area contributed by atoms with Gasteiger partial charge in [0.15, 0.2) is 0 Å². The highest BCUT2D eigenvalue weighted by molar-refractivity contribution is 6.10. The van der Waals surface area contributed by atoms with Gasteiger partial charge in [-0.1, -0.05) is 175 Å². The number of hydrogen-bond acceptors (Lipinski definition) is 4. The Morgan fingerprint density at radius 1 is 0.380 bits per heavy atom. The van der Waals surface area contributed by atoms with Crippen LogP contribution >= 0.6 is 0 Å². The number of benzene rings is 7. The summed E-state index contributed by atoms with van der Waals surface area (Å²) in [5.41, 5.74) is 15.1. The van der Waals surface area contributed by atoms with Gasteiger partial charge in [-0.2, -0.15) is 0 Å². The van der Waals surface area contributed by atoms with Gasteiger partial charge in [-0.25, -0.2) is 4.98 Å². The highest BCUT2D eigenvalue weighted by atomic mass is 16.5. The van der Waals surface area contributed by atoms with Gasteiger partial charge >= 0.3 is 0 Å². The smallest absolute Gasteiger partial charge is 0.137 e. The molecular weight excluding hydrogens is 865 g/mol. The number of nitrogens with zero attached hydrogens (tertiary/aromatic N) is 4. The first-order valence-electron chi connectivity index (χ1n) is 25.4. The summed E-state index contributed by atoms with van der Waals surface area (Å²) in [7, 11) is 0. The summed E-state index contributed by atoms with van der Waals surface area (Å²) in [6, 6.07) is 62.4. The molecule has 0 radical (unpaired) electrons. The third-order valence-corrected chi connectivity index (χ3v) is 15.2. The van der Waals surface area contributed by atoms with Crippen LogP contribution in [0.1, 0.15) is 129 Å². The van der Waals surface area contributed by atoms with E-state index in [1.165, 1.54) is 61.4 Å². The van der Waals surface area contributed by atoms with Crippen LogP contribution in [0.5, 0.6) is 11.5 Å². The van der Waals surface area contributed by atoms with Crippen molar-refractivity contribution in [2.24, 2.45) is 0 Å². The summed E-state index contributed by atoms with van der Waals surface area (Å²) < 4.78 is 9.47. The van der Waals surface area contributed by atoms with Crippen molar-refractivity contribution >= 4 is 44.6 Å². The van der Waals surface area contributed by atoms with Crippen molar-refractivity contribution in [2.75, 3.05) is 16.5 Å². The predicted molar refractivity (Wildman–Crippen MR) is 300 cm³/mol. The van der Waals surface area contributed by atoms with E-state index in [-0.39, 0.29) is 27.1 Å². The van der Waals surface area contributed by atoms with Crippen molar-refractivity contribution in [1.29, 1.82) is 0 Å². The van der Waals surface area contributed by atoms with Gasteiger partial charge in [0.05, 0.1) is 22.4 Å². The summed E-state index contributed by atoms with van der Waals surface area (Å²) in [5, 5.41) is 2.33. The summed E-state index contributed by atoms with van der Waals surface area (Å²) >= 11 is 0. The van der Waals surface area contributed by atoms with Gasteiger partial charge in [0.2, 0.25) is 0 Å². The van der Waals surface area contributed by atoms with Crippen LogP contribution in [0.15, 0.2) is 176 Å². The van der Waals surface area contributed by atoms with E-state index in [0.717, 1.165) is 39.4 Å². The lowest BCUT2D eigenvalue weighted by Crippen LogP contribution is -2.25. The summed E-state index contributed by atoms with van der Waals surface area (Å²) in [5.74, 6) is 2.44. The highest BCUT2D eigenvalue weighted by Gasteiger charge is 2.33. The Morgan fingerprint density at radius 2 is 0.958 bits per heavy atom. The average Bonchev–Trinajstić information content (AvgIpc) is 3.89. The average molecular weight is 935 g/mol. The molecule has 71 heavy (non-hydrogen) atoms. The van der Waals surface area contributed by atoms with Crippen LogP contribution in [-0.2, 0) is 27.1 Å². The molecule has 10 rings (SSSR count). The maximum absolute atomic E-state index is 7.14. The molecule has 0 saturated heterocycles. The Morgan fingerprint density at radius 3 is 1.61 bits per heavy atom. The molecule has 0 saturated carbocycles. The van der Waals surface area contributed by atoms with E-state index in [2.05, 4.69) is 274 Å². The van der Waals surface area contributed by atoms with Crippen LogP contribution < -0.4 is 14.5 Å². The number of fused-ring (bicyclic) bond motifs is 4. The molecule has 0 unspecified atom stereocenters. The Hall–Kier alpha value is -7.11. The zero-order valence-corrected chi connectivity index (χ0v) is 44.1. The molecule has 5 nitrogen and oxygen atoms in total. The van der Waals surface area contributed by atoms with E-state index in [1.807, 2.05) is 6.20 Å². The zero-order valence-electron chi connectivity index (χ0n) is 44.1. The molecule has 0 bridgehead atoms. The van der Waals surface area contributed by atoms with Gasteiger partial charge in [0.25, 0.3) is 0 Å². The van der Waals surface area contributed by atoms with Crippen molar-refractivity contribution < 1.29 is 4.74 Å². The van der Waals surface area contributed by atoms with E-state index in [1.54, 1.807) is 0 Å². The van der Waals surface area contributed by atoms with Crippen molar-refractivity contribution in [3.05, 3.63) is 215 Å². The predicted octanol–water partition coefficient (Wildman–Crippen LogP) is 17.8. The number of ether oxygens (including phenoxy) is 1. The third-order valence-electron chi connectivity index (χ3n) is 15.2. The number of aromatic nitrogens is 2. The standard InChI is InChI=1S/C66H70N4O/c1-62(2,3)46-25-20-26-51(35-46)68-43-69(60-39-47(63(4,5)6)27-32-58(60)68)52-36-50(64(7,8)9)37-54(41-52)71-53-29-30-55-56-38-48(65(10,11)44-21-16-14-17-22-44)28-31-57(56)70(59(55)42-53)61-40-49(33-34-67-61)66(12,13)45-23-18-15-19-24-45/h14-42H,43H2,1-13H3. The number of anilines is 4. The minimum absolute atomic E-state index is 0.0164. The van der Waals surface area contributed by atoms with Crippen molar-refractivity contribution in [3.8, 4) is 17.3 Å². The van der Waals surface area contributed by atoms with Crippen molar-refractivity contribution in [1.82, 2.24) is 9.55 Å². The van der Waals surface area contributed by atoms with E-state index < -0.39 is 0 Å². The van der Waals surface area contributed by atoms with Gasteiger partial charge in [0, 0.05) is 51.3 Å². The van der Waals surface area contributed by atoms with E-state index >= 15 is 0 Å². The third kappa shape index (κ3) is 8.90. The largest absolute Gasteiger partial charge is 0.457 e. The first-order valence-corrected chi connectivity index (χ1v) is 25.4. The van der Waals surface area contributed by atoms with Crippen LogP contribution in [-0.4, -0.2) is 16.2 Å². The molecule has 1 aliphatic rings. The van der Waals surface area contributed by atoms with Crippen LogP contribution in [0.3, 0.4) is 0 Å². The van der Waals surface area contributed by atoms with E-state index in [9.17, 15) is 0 Å². The fourth-order valence-corrected chi connectivity index (χ4v) is 10.3. The molecule has 7 aromatic carbocycles. The minimum Gasteiger partial charge on any atom is -0.457 e. The normalized spacial score (nSPS) is 13.6. The van der Waals surface area contributed by atoms with E-state index in [4.69, 9.17) is 9.72 Å².